The summed E-state index contributed by atoms with van der Waals surface area (Å²) in [6.07, 6.45) is 3.69. The summed E-state index contributed by atoms with van der Waals surface area (Å²) in [5.74, 6) is 2.22. The van der Waals surface area contributed by atoms with Crippen LogP contribution in [0.15, 0.2) is 64.2 Å². The van der Waals surface area contributed by atoms with Crippen molar-refractivity contribution in [3.63, 3.8) is 0 Å². The second kappa shape index (κ2) is 9.21. The first-order valence-electron chi connectivity index (χ1n) is 11.9. The second-order valence-corrected chi connectivity index (χ2v) is 8.66. The molecule has 34 heavy (non-hydrogen) atoms. The normalized spacial score (nSPS) is 13.3. The minimum Gasteiger partial charge on any atom is -0.457 e. The Labute approximate surface area is 197 Å². The number of imidazole rings is 1. The summed E-state index contributed by atoms with van der Waals surface area (Å²) in [6.45, 7) is 4.01. The zero-order valence-electron chi connectivity index (χ0n) is 19.6. The number of nitrogens with zero attached hydrogens (tertiary/aromatic N) is 5. The van der Waals surface area contributed by atoms with Gasteiger partial charge in [0.05, 0.1) is 0 Å². The predicted octanol–water partition coefficient (Wildman–Crippen LogP) is 4.42. The van der Waals surface area contributed by atoms with Crippen LogP contribution in [-0.4, -0.2) is 25.2 Å². The van der Waals surface area contributed by atoms with Crippen LogP contribution in [0.2, 0.25) is 0 Å². The molecule has 176 valence electrons. The Balaban J connectivity index is 1.51. The minimum atomic E-state index is -0.307. The highest BCUT2D eigenvalue weighted by Crippen LogP contribution is 2.32. The monoisotopic (exact) mass is 459 g/mol. The number of hydrogen-bond donors (Lipinski definition) is 0. The fraction of sp³-hybridized carbons (Fsp3) is 0.346. The average Bonchev–Trinajstić information content (AvgIpc) is 3.26. The van der Waals surface area contributed by atoms with Gasteiger partial charge in [-0.25, -0.2) is 4.79 Å². The molecule has 1 aliphatic heterocycles. The number of fused-ring (bicyclic) bond motifs is 3. The largest absolute Gasteiger partial charge is 0.457 e. The molecule has 0 fully saturated rings. The van der Waals surface area contributed by atoms with E-state index in [0.717, 1.165) is 49.4 Å². The van der Waals surface area contributed by atoms with Gasteiger partial charge in [0, 0.05) is 32.4 Å². The molecule has 5 rings (SSSR count). The SMILES string of the molecule is CCCCCn1c(=O)c2c(nc3n2CCCN3c2ccc(Oc3ccccc3)cc2)n(C)c1=O. The molecule has 0 N–H and O–H groups in total. The third kappa shape index (κ3) is 3.89. The van der Waals surface area contributed by atoms with Crippen molar-refractivity contribution in [1.29, 1.82) is 0 Å². The summed E-state index contributed by atoms with van der Waals surface area (Å²) in [7, 11) is 1.69. The maximum atomic E-state index is 13.3. The molecule has 4 aromatic rings. The Morgan fingerprint density at radius 1 is 0.941 bits per heavy atom. The molecule has 0 unspecified atom stereocenters. The van der Waals surface area contributed by atoms with Crippen LogP contribution in [0, 0.1) is 0 Å². The van der Waals surface area contributed by atoms with Gasteiger partial charge in [-0.3, -0.25) is 13.9 Å². The van der Waals surface area contributed by atoms with Gasteiger partial charge in [0.25, 0.3) is 5.56 Å². The molecule has 0 amide bonds. The molecule has 0 bridgehead atoms. The van der Waals surface area contributed by atoms with Gasteiger partial charge < -0.3 is 14.2 Å². The van der Waals surface area contributed by atoms with E-state index in [1.54, 1.807) is 7.05 Å². The van der Waals surface area contributed by atoms with Crippen LogP contribution in [0.25, 0.3) is 11.2 Å². The number of anilines is 2. The van der Waals surface area contributed by atoms with Crippen LogP contribution in [0.5, 0.6) is 11.5 Å². The highest BCUT2D eigenvalue weighted by atomic mass is 16.5. The second-order valence-electron chi connectivity index (χ2n) is 8.66. The molecule has 0 saturated heterocycles. The summed E-state index contributed by atoms with van der Waals surface area (Å²) < 4.78 is 10.7. The molecule has 2 aromatic heterocycles. The Bertz CT molecular complexity index is 1420. The third-order valence-electron chi connectivity index (χ3n) is 6.33. The van der Waals surface area contributed by atoms with Crippen LogP contribution in [-0.2, 0) is 20.1 Å². The van der Waals surface area contributed by atoms with Gasteiger partial charge in [-0.1, -0.05) is 38.0 Å². The number of benzene rings is 2. The van der Waals surface area contributed by atoms with Crippen LogP contribution < -0.4 is 20.9 Å². The summed E-state index contributed by atoms with van der Waals surface area (Å²) in [5.41, 5.74) is 1.35. The molecule has 3 heterocycles. The van der Waals surface area contributed by atoms with Crippen molar-refractivity contribution < 1.29 is 4.74 Å². The topological polar surface area (TPSA) is 74.3 Å². The number of aromatic nitrogens is 4. The molecule has 0 radical (unpaired) electrons. The lowest BCUT2D eigenvalue weighted by Crippen LogP contribution is -2.40. The highest BCUT2D eigenvalue weighted by molar-refractivity contribution is 5.77. The fourth-order valence-corrected chi connectivity index (χ4v) is 4.55. The van der Waals surface area contributed by atoms with Gasteiger partial charge in [0.2, 0.25) is 5.95 Å². The Hall–Kier alpha value is -3.81. The van der Waals surface area contributed by atoms with Gasteiger partial charge in [0.15, 0.2) is 11.2 Å². The van der Waals surface area contributed by atoms with E-state index in [0.29, 0.717) is 30.2 Å². The van der Waals surface area contributed by atoms with Crippen LogP contribution >= 0.6 is 0 Å². The van der Waals surface area contributed by atoms with Gasteiger partial charge in [0.1, 0.15) is 11.5 Å². The summed E-state index contributed by atoms with van der Waals surface area (Å²) in [6, 6.07) is 17.5. The van der Waals surface area contributed by atoms with E-state index in [1.165, 1.54) is 9.13 Å². The molecule has 0 atom stereocenters. The van der Waals surface area contributed by atoms with E-state index >= 15 is 0 Å². The first-order valence-corrected chi connectivity index (χ1v) is 11.9. The molecular formula is C26H29N5O3. The lowest BCUT2D eigenvalue weighted by molar-refractivity contribution is 0.482. The molecule has 8 nitrogen and oxygen atoms in total. The van der Waals surface area contributed by atoms with Crippen molar-refractivity contribution in [1.82, 2.24) is 18.7 Å². The number of para-hydroxylation sites is 1. The van der Waals surface area contributed by atoms with Gasteiger partial charge >= 0.3 is 5.69 Å². The summed E-state index contributed by atoms with van der Waals surface area (Å²) in [4.78, 5) is 33.1. The number of unbranched alkanes of at least 4 members (excludes halogenated alkanes) is 2. The minimum absolute atomic E-state index is 0.249. The predicted molar refractivity (Wildman–Crippen MR) is 133 cm³/mol. The van der Waals surface area contributed by atoms with E-state index in [9.17, 15) is 9.59 Å². The standard InChI is InChI=1S/C26H29N5O3/c1-3-4-8-16-31-24(32)22-23(28(2)26(31)33)27-25-29(17-9-18-30(22)25)19-12-14-21(15-13-19)34-20-10-6-5-7-11-20/h5-7,10-15H,3-4,8-9,16-18H2,1-2H3. The fourth-order valence-electron chi connectivity index (χ4n) is 4.55. The van der Waals surface area contributed by atoms with Crippen molar-refractivity contribution in [2.45, 2.75) is 45.7 Å². The van der Waals surface area contributed by atoms with Crippen molar-refractivity contribution in [3.05, 3.63) is 75.4 Å². The average molecular weight is 460 g/mol. The first kappa shape index (κ1) is 22.0. The highest BCUT2D eigenvalue weighted by Gasteiger charge is 2.27. The molecule has 8 heteroatoms. The first-order chi connectivity index (χ1) is 16.6. The summed E-state index contributed by atoms with van der Waals surface area (Å²) >= 11 is 0. The maximum Gasteiger partial charge on any atom is 0.332 e. The lowest BCUT2D eigenvalue weighted by atomic mass is 10.2. The number of rotatable bonds is 7. The zero-order valence-corrected chi connectivity index (χ0v) is 19.6. The summed E-state index contributed by atoms with van der Waals surface area (Å²) in [5, 5.41) is 0. The smallest absolute Gasteiger partial charge is 0.332 e. The van der Waals surface area contributed by atoms with E-state index in [1.807, 2.05) is 59.2 Å². The van der Waals surface area contributed by atoms with E-state index < -0.39 is 0 Å². The number of aryl methyl sites for hydroxylation is 2. The Kier molecular flexibility index (Phi) is 5.96. The van der Waals surface area contributed by atoms with E-state index in [4.69, 9.17) is 9.72 Å². The van der Waals surface area contributed by atoms with Crippen LogP contribution in [0.4, 0.5) is 11.6 Å². The molecular weight excluding hydrogens is 430 g/mol. The zero-order chi connectivity index (χ0) is 23.7. The molecule has 1 aliphatic rings. The molecule has 0 saturated carbocycles. The quantitative estimate of drug-likeness (QED) is 0.383. The number of hydrogen-bond acceptors (Lipinski definition) is 5. The number of ether oxygens (including phenoxy) is 1. The van der Waals surface area contributed by atoms with Crippen LogP contribution in [0.1, 0.15) is 32.6 Å². The Morgan fingerprint density at radius 3 is 2.41 bits per heavy atom. The van der Waals surface area contributed by atoms with Gasteiger partial charge in [-0.05, 0) is 49.2 Å². The lowest BCUT2D eigenvalue weighted by Gasteiger charge is -2.29. The molecule has 2 aromatic carbocycles. The van der Waals surface area contributed by atoms with Crippen LogP contribution in [0.3, 0.4) is 0 Å². The van der Waals surface area contributed by atoms with Gasteiger partial charge in [-0.2, -0.15) is 4.98 Å². The van der Waals surface area contributed by atoms with E-state index in [2.05, 4.69) is 11.8 Å². The van der Waals surface area contributed by atoms with Crippen molar-refractivity contribution in [2.75, 3.05) is 11.4 Å². The van der Waals surface area contributed by atoms with Crippen molar-refractivity contribution in [2.24, 2.45) is 7.05 Å². The van der Waals surface area contributed by atoms with Gasteiger partial charge in [-0.15, -0.1) is 0 Å². The van der Waals surface area contributed by atoms with Crippen molar-refractivity contribution >= 4 is 22.8 Å². The molecule has 0 aliphatic carbocycles. The third-order valence-corrected chi connectivity index (χ3v) is 6.33. The maximum absolute atomic E-state index is 13.3. The van der Waals surface area contributed by atoms with E-state index in [-0.39, 0.29) is 11.2 Å². The Morgan fingerprint density at radius 2 is 1.68 bits per heavy atom. The molecule has 0 spiro atoms. The van der Waals surface area contributed by atoms with Crippen molar-refractivity contribution in [3.8, 4) is 11.5 Å².